The molecule has 11 heteroatoms. The van der Waals surface area contributed by atoms with Crippen molar-refractivity contribution in [1.82, 2.24) is 29.9 Å². The van der Waals surface area contributed by atoms with Crippen molar-refractivity contribution in [3.05, 3.63) is 54.2 Å². The molecule has 0 bridgehead atoms. The highest BCUT2D eigenvalue weighted by Crippen LogP contribution is 2.27. The van der Waals surface area contributed by atoms with E-state index in [1.807, 2.05) is 0 Å². The Morgan fingerprint density at radius 2 is 2.07 bits per heavy atom. The van der Waals surface area contributed by atoms with Crippen molar-refractivity contribution in [2.75, 3.05) is 17.2 Å². The maximum Gasteiger partial charge on any atom is 0.338 e. The zero-order chi connectivity index (χ0) is 21.1. The zero-order valence-electron chi connectivity index (χ0n) is 16.1. The second kappa shape index (κ2) is 8.07. The third-order valence-corrected chi connectivity index (χ3v) is 4.15. The quantitative estimate of drug-likeness (QED) is 0.464. The molecule has 0 aliphatic heterocycles. The van der Waals surface area contributed by atoms with Crippen LogP contribution in [-0.4, -0.2) is 42.5 Å². The van der Waals surface area contributed by atoms with Gasteiger partial charge in [0, 0.05) is 13.2 Å². The molecule has 30 heavy (non-hydrogen) atoms. The topological polar surface area (TPSA) is 120 Å². The molecular formula is C19H17FN8O2. The second-order valence-electron chi connectivity index (χ2n) is 6.20. The van der Waals surface area contributed by atoms with Gasteiger partial charge in [0.1, 0.15) is 5.82 Å². The van der Waals surface area contributed by atoms with E-state index in [1.54, 1.807) is 43.3 Å². The highest BCUT2D eigenvalue weighted by atomic mass is 19.1. The van der Waals surface area contributed by atoms with Crippen LogP contribution >= 0.6 is 0 Å². The monoisotopic (exact) mass is 408 g/mol. The van der Waals surface area contributed by atoms with Gasteiger partial charge in [-0.1, -0.05) is 0 Å². The minimum absolute atomic E-state index is 0.0885. The van der Waals surface area contributed by atoms with Gasteiger partial charge in [0.15, 0.2) is 11.5 Å². The summed E-state index contributed by atoms with van der Waals surface area (Å²) in [6, 6.07) is 5.67. The lowest BCUT2D eigenvalue weighted by Crippen LogP contribution is -2.06. The fraction of sp³-hybridized carbons (Fsp3) is 0.158. The summed E-state index contributed by atoms with van der Waals surface area (Å²) >= 11 is 0. The first kappa shape index (κ1) is 19.2. The van der Waals surface area contributed by atoms with Gasteiger partial charge < -0.3 is 15.4 Å². The summed E-state index contributed by atoms with van der Waals surface area (Å²) < 4.78 is 20.8. The summed E-state index contributed by atoms with van der Waals surface area (Å²) in [5.41, 5.74) is 1.53. The highest BCUT2D eigenvalue weighted by molar-refractivity contribution is 5.92. The number of nitrogens with zero attached hydrogens (tertiary/aromatic N) is 6. The third-order valence-electron chi connectivity index (χ3n) is 4.15. The molecule has 0 amide bonds. The molecule has 2 N–H and O–H groups in total. The molecular weight excluding hydrogens is 391 g/mol. The van der Waals surface area contributed by atoms with Crippen LogP contribution in [0.5, 0.6) is 0 Å². The van der Waals surface area contributed by atoms with Gasteiger partial charge >= 0.3 is 5.97 Å². The summed E-state index contributed by atoms with van der Waals surface area (Å²) in [4.78, 5) is 20.7. The number of carbonyl (C=O) groups is 1. The van der Waals surface area contributed by atoms with Crippen LogP contribution in [0.1, 0.15) is 17.3 Å². The van der Waals surface area contributed by atoms with Crippen LogP contribution in [0.15, 0.2) is 42.9 Å². The van der Waals surface area contributed by atoms with Crippen LogP contribution < -0.4 is 10.6 Å². The molecule has 0 fully saturated rings. The molecule has 152 valence electrons. The first-order chi connectivity index (χ1) is 14.5. The first-order valence-corrected chi connectivity index (χ1v) is 9.02. The maximum absolute atomic E-state index is 14.3. The fourth-order valence-corrected chi connectivity index (χ4v) is 2.77. The molecule has 0 aliphatic rings. The van der Waals surface area contributed by atoms with Crippen LogP contribution in [0, 0.1) is 5.82 Å². The van der Waals surface area contributed by atoms with Crippen LogP contribution in [-0.2, 0) is 11.8 Å². The summed E-state index contributed by atoms with van der Waals surface area (Å²) in [6.07, 6.45) is 4.66. The predicted molar refractivity (Wildman–Crippen MR) is 107 cm³/mol. The van der Waals surface area contributed by atoms with Gasteiger partial charge in [-0.15, -0.1) is 0 Å². The number of fused-ring (bicyclic) bond motifs is 1. The standard InChI is InChI=1S/C19H17FN8O2/c1-3-30-18(29)11-4-5-14(20)15(8-11)25-16-13-10-21-19(26-17(13)28(2)27-16)24-12-6-7-22-23-9-12/h4-10H,3H2,1-2H3,(H,25,27)(H,21,22,24,26). The zero-order valence-corrected chi connectivity index (χ0v) is 16.1. The van der Waals surface area contributed by atoms with E-state index in [0.29, 0.717) is 28.5 Å². The number of hydrogen-bond acceptors (Lipinski definition) is 9. The van der Waals surface area contributed by atoms with E-state index in [0.717, 1.165) is 0 Å². The molecule has 3 heterocycles. The first-order valence-electron chi connectivity index (χ1n) is 9.02. The van der Waals surface area contributed by atoms with E-state index in [2.05, 4.69) is 35.9 Å². The Bertz CT molecular complexity index is 1210. The average Bonchev–Trinajstić information content (AvgIpc) is 3.05. The van der Waals surface area contributed by atoms with Crippen LogP contribution in [0.4, 0.5) is 27.5 Å². The lowest BCUT2D eigenvalue weighted by Gasteiger charge is -2.08. The molecule has 0 spiro atoms. The molecule has 1 aromatic carbocycles. The van der Waals surface area contributed by atoms with Crippen molar-refractivity contribution in [3.63, 3.8) is 0 Å². The van der Waals surface area contributed by atoms with Crippen molar-refractivity contribution in [1.29, 1.82) is 0 Å². The van der Waals surface area contributed by atoms with E-state index in [4.69, 9.17) is 4.74 Å². The molecule has 0 aliphatic carbocycles. The van der Waals surface area contributed by atoms with Gasteiger partial charge in [0.05, 0.1) is 41.3 Å². The van der Waals surface area contributed by atoms with Gasteiger partial charge in [-0.2, -0.15) is 20.3 Å². The number of halogens is 1. The normalized spacial score (nSPS) is 10.8. The van der Waals surface area contributed by atoms with Crippen molar-refractivity contribution in [2.24, 2.45) is 7.05 Å². The van der Waals surface area contributed by atoms with E-state index >= 15 is 0 Å². The van der Waals surface area contributed by atoms with Crippen LogP contribution in [0.3, 0.4) is 0 Å². The summed E-state index contributed by atoms with van der Waals surface area (Å²) in [7, 11) is 1.71. The number of esters is 1. The Labute approximate surface area is 170 Å². The van der Waals surface area contributed by atoms with E-state index < -0.39 is 11.8 Å². The molecule has 0 unspecified atom stereocenters. The van der Waals surface area contributed by atoms with Gasteiger partial charge in [-0.05, 0) is 31.2 Å². The van der Waals surface area contributed by atoms with Crippen molar-refractivity contribution in [3.8, 4) is 0 Å². The van der Waals surface area contributed by atoms with E-state index in [1.165, 1.54) is 18.2 Å². The van der Waals surface area contributed by atoms with Crippen molar-refractivity contribution < 1.29 is 13.9 Å². The summed E-state index contributed by atoms with van der Waals surface area (Å²) in [5, 5.41) is 18.4. The number of aryl methyl sites for hydroxylation is 1. The van der Waals surface area contributed by atoms with Crippen molar-refractivity contribution >= 4 is 40.1 Å². The lowest BCUT2D eigenvalue weighted by atomic mass is 10.2. The SMILES string of the molecule is CCOC(=O)c1ccc(F)c(Nc2nn(C)c3nc(Nc4ccnnc4)ncc23)c1. The highest BCUT2D eigenvalue weighted by Gasteiger charge is 2.16. The number of rotatable bonds is 6. The Balaban J connectivity index is 1.64. The Morgan fingerprint density at radius 3 is 2.83 bits per heavy atom. The molecule has 4 rings (SSSR count). The number of anilines is 4. The van der Waals surface area contributed by atoms with E-state index in [9.17, 15) is 9.18 Å². The van der Waals surface area contributed by atoms with Crippen LogP contribution in [0.2, 0.25) is 0 Å². The minimum Gasteiger partial charge on any atom is -0.462 e. The number of benzene rings is 1. The molecule has 0 saturated carbocycles. The average molecular weight is 408 g/mol. The Hall–Kier alpha value is -4.15. The van der Waals surface area contributed by atoms with Gasteiger partial charge in [0.25, 0.3) is 0 Å². The molecule has 0 atom stereocenters. The molecule has 4 aromatic rings. The van der Waals surface area contributed by atoms with Gasteiger partial charge in [-0.3, -0.25) is 0 Å². The summed E-state index contributed by atoms with van der Waals surface area (Å²) in [5.74, 6) is -0.368. The number of ether oxygens (including phenoxy) is 1. The third kappa shape index (κ3) is 3.85. The number of carbonyl (C=O) groups excluding carboxylic acids is 1. The molecule has 3 aromatic heterocycles. The Morgan fingerprint density at radius 1 is 1.20 bits per heavy atom. The number of nitrogens with one attached hydrogen (secondary N) is 2. The minimum atomic E-state index is -0.536. The molecule has 10 nitrogen and oxygen atoms in total. The van der Waals surface area contributed by atoms with Gasteiger partial charge in [0.2, 0.25) is 5.95 Å². The number of hydrogen-bond donors (Lipinski definition) is 2. The smallest absolute Gasteiger partial charge is 0.338 e. The Kier molecular flexibility index (Phi) is 5.16. The van der Waals surface area contributed by atoms with Crippen LogP contribution in [0.25, 0.3) is 11.0 Å². The van der Waals surface area contributed by atoms with Gasteiger partial charge in [-0.25, -0.2) is 18.9 Å². The summed E-state index contributed by atoms with van der Waals surface area (Å²) in [6.45, 7) is 1.93. The maximum atomic E-state index is 14.3. The van der Waals surface area contributed by atoms with E-state index in [-0.39, 0.29) is 17.9 Å². The second-order valence-corrected chi connectivity index (χ2v) is 6.20. The fourth-order valence-electron chi connectivity index (χ4n) is 2.77. The number of aromatic nitrogens is 6. The molecule has 0 saturated heterocycles. The lowest BCUT2D eigenvalue weighted by molar-refractivity contribution is 0.0526. The largest absolute Gasteiger partial charge is 0.462 e. The predicted octanol–water partition coefficient (Wildman–Crippen LogP) is 2.96. The molecule has 0 radical (unpaired) electrons. The van der Waals surface area contributed by atoms with Crippen molar-refractivity contribution in [2.45, 2.75) is 6.92 Å².